The molecule has 2 aromatic rings. The van der Waals surface area contributed by atoms with E-state index in [1.807, 2.05) is 0 Å². The number of rotatable bonds is 4. The van der Waals surface area contributed by atoms with Crippen molar-refractivity contribution in [3.63, 3.8) is 0 Å². The highest BCUT2D eigenvalue weighted by atomic mass is 79.9. The van der Waals surface area contributed by atoms with Crippen LogP contribution < -0.4 is 10.9 Å². The first-order valence-corrected chi connectivity index (χ1v) is 7.30. The van der Waals surface area contributed by atoms with E-state index in [-0.39, 0.29) is 5.56 Å². The number of benzene rings is 1. The van der Waals surface area contributed by atoms with Crippen LogP contribution in [0, 0.1) is 13.8 Å². The zero-order chi connectivity index (χ0) is 14.7. The van der Waals surface area contributed by atoms with Crippen molar-refractivity contribution in [3.8, 4) is 0 Å². The molecule has 1 heterocycles. The van der Waals surface area contributed by atoms with E-state index in [4.69, 9.17) is 0 Å². The first-order chi connectivity index (χ1) is 9.49. The predicted molar refractivity (Wildman–Crippen MR) is 85.3 cm³/mol. The molecule has 5 heteroatoms. The minimum absolute atomic E-state index is 0.137. The normalized spacial score (nSPS) is 10.6. The van der Waals surface area contributed by atoms with Gasteiger partial charge in [0.25, 0.3) is 5.56 Å². The van der Waals surface area contributed by atoms with Crippen molar-refractivity contribution in [3.05, 3.63) is 55.9 Å². The number of hydrogen-bond acceptors (Lipinski definition) is 3. The Morgan fingerprint density at radius 3 is 2.80 bits per heavy atom. The zero-order valence-corrected chi connectivity index (χ0v) is 13.5. The minimum Gasteiger partial charge on any atom is -0.382 e. The fourth-order valence-electron chi connectivity index (χ4n) is 2.09. The molecule has 0 fully saturated rings. The Morgan fingerprint density at radius 1 is 1.35 bits per heavy atom. The van der Waals surface area contributed by atoms with Crippen LogP contribution in [0.2, 0.25) is 0 Å². The molecule has 0 unspecified atom stereocenters. The molecule has 0 saturated heterocycles. The van der Waals surface area contributed by atoms with Crippen LogP contribution in [0.5, 0.6) is 0 Å². The maximum Gasteiger partial charge on any atom is 0.282 e. The number of nitrogens with one attached hydrogen (secondary N) is 1. The van der Waals surface area contributed by atoms with Crippen molar-refractivity contribution in [1.82, 2.24) is 9.78 Å². The van der Waals surface area contributed by atoms with E-state index in [1.165, 1.54) is 21.4 Å². The highest BCUT2D eigenvalue weighted by Gasteiger charge is 2.06. The minimum atomic E-state index is -0.137. The van der Waals surface area contributed by atoms with Crippen molar-refractivity contribution in [1.29, 1.82) is 0 Å². The van der Waals surface area contributed by atoms with Crippen molar-refractivity contribution < 1.29 is 0 Å². The van der Waals surface area contributed by atoms with E-state index in [2.05, 4.69) is 58.4 Å². The standard InChI is InChI=1S/C15H18BrN3O/c1-10-4-5-12(11(2)8-10)6-7-17-13-9-18-19(3)15(20)14(13)16/h4-5,8-9,17H,6-7H2,1-3H3. The van der Waals surface area contributed by atoms with Gasteiger partial charge in [-0.3, -0.25) is 4.79 Å². The molecule has 0 saturated carbocycles. The highest BCUT2D eigenvalue weighted by Crippen LogP contribution is 2.16. The quantitative estimate of drug-likeness (QED) is 0.934. The summed E-state index contributed by atoms with van der Waals surface area (Å²) in [6.07, 6.45) is 2.57. The van der Waals surface area contributed by atoms with Gasteiger partial charge in [-0.25, -0.2) is 4.68 Å². The number of nitrogens with zero attached hydrogens (tertiary/aromatic N) is 2. The zero-order valence-electron chi connectivity index (χ0n) is 11.9. The lowest BCUT2D eigenvalue weighted by molar-refractivity contribution is 0.703. The van der Waals surface area contributed by atoms with Crippen LogP contribution >= 0.6 is 15.9 Å². The lowest BCUT2D eigenvalue weighted by Gasteiger charge is -2.10. The fraction of sp³-hybridized carbons (Fsp3) is 0.333. The Hall–Kier alpha value is -1.62. The maximum absolute atomic E-state index is 11.7. The first-order valence-electron chi connectivity index (χ1n) is 6.51. The number of halogens is 1. The van der Waals surface area contributed by atoms with E-state index < -0.39 is 0 Å². The topological polar surface area (TPSA) is 46.9 Å². The third-order valence-corrected chi connectivity index (χ3v) is 4.05. The summed E-state index contributed by atoms with van der Waals surface area (Å²) in [5, 5.41) is 7.25. The van der Waals surface area contributed by atoms with Crippen LogP contribution in [0.1, 0.15) is 16.7 Å². The van der Waals surface area contributed by atoms with E-state index in [0.29, 0.717) is 4.47 Å². The summed E-state index contributed by atoms with van der Waals surface area (Å²) >= 11 is 3.31. The number of aromatic nitrogens is 2. The maximum atomic E-state index is 11.7. The molecule has 0 aliphatic heterocycles. The lowest BCUT2D eigenvalue weighted by atomic mass is 10.0. The summed E-state index contributed by atoms with van der Waals surface area (Å²) < 4.78 is 1.83. The van der Waals surface area contributed by atoms with Gasteiger partial charge in [-0.15, -0.1) is 0 Å². The molecule has 0 atom stereocenters. The van der Waals surface area contributed by atoms with Gasteiger partial charge in [0.2, 0.25) is 0 Å². The largest absolute Gasteiger partial charge is 0.382 e. The van der Waals surface area contributed by atoms with Crippen LogP contribution in [-0.2, 0) is 13.5 Å². The summed E-state index contributed by atoms with van der Waals surface area (Å²) in [5.74, 6) is 0. The van der Waals surface area contributed by atoms with Crippen molar-refractivity contribution in [2.24, 2.45) is 7.05 Å². The molecule has 4 nitrogen and oxygen atoms in total. The summed E-state index contributed by atoms with van der Waals surface area (Å²) in [5.41, 5.74) is 4.49. The summed E-state index contributed by atoms with van der Waals surface area (Å²) in [7, 11) is 1.63. The van der Waals surface area contributed by atoms with Gasteiger partial charge in [-0.2, -0.15) is 5.10 Å². The van der Waals surface area contributed by atoms with Crippen molar-refractivity contribution in [2.75, 3.05) is 11.9 Å². The Kier molecular flexibility index (Phi) is 4.60. The van der Waals surface area contributed by atoms with E-state index >= 15 is 0 Å². The Bertz CT molecular complexity index is 679. The lowest BCUT2D eigenvalue weighted by Crippen LogP contribution is -2.21. The second-order valence-electron chi connectivity index (χ2n) is 4.91. The number of anilines is 1. The van der Waals surface area contributed by atoms with Crippen LogP contribution in [0.3, 0.4) is 0 Å². The molecule has 0 aliphatic rings. The molecule has 2 rings (SSSR count). The van der Waals surface area contributed by atoms with Gasteiger partial charge in [-0.1, -0.05) is 23.8 Å². The summed E-state index contributed by atoms with van der Waals surface area (Å²) in [6, 6.07) is 6.47. The van der Waals surface area contributed by atoms with Crippen LogP contribution in [0.4, 0.5) is 5.69 Å². The average molecular weight is 336 g/mol. The Balaban J connectivity index is 2.03. The second kappa shape index (κ2) is 6.22. The van der Waals surface area contributed by atoms with Crippen molar-refractivity contribution >= 4 is 21.6 Å². The fourth-order valence-corrected chi connectivity index (χ4v) is 2.59. The molecule has 0 amide bonds. The van der Waals surface area contributed by atoms with Crippen LogP contribution in [-0.4, -0.2) is 16.3 Å². The molecule has 106 valence electrons. The summed E-state index contributed by atoms with van der Waals surface area (Å²) in [4.78, 5) is 11.7. The predicted octanol–water partition coefficient (Wildman–Crippen LogP) is 2.81. The molecular formula is C15H18BrN3O. The van der Waals surface area contributed by atoms with Gasteiger partial charge in [0.1, 0.15) is 4.47 Å². The van der Waals surface area contributed by atoms with Gasteiger partial charge in [0.15, 0.2) is 0 Å². The van der Waals surface area contributed by atoms with Crippen LogP contribution in [0.25, 0.3) is 0 Å². The second-order valence-corrected chi connectivity index (χ2v) is 5.70. The van der Waals surface area contributed by atoms with E-state index in [1.54, 1.807) is 13.2 Å². The molecule has 0 bridgehead atoms. The highest BCUT2D eigenvalue weighted by molar-refractivity contribution is 9.10. The molecule has 0 aliphatic carbocycles. The third-order valence-electron chi connectivity index (χ3n) is 3.29. The van der Waals surface area contributed by atoms with Gasteiger partial charge in [0.05, 0.1) is 11.9 Å². The molecule has 0 spiro atoms. The van der Waals surface area contributed by atoms with Gasteiger partial charge >= 0.3 is 0 Å². The monoisotopic (exact) mass is 335 g/mol. The Morgan fingerprint density at radius 2 is 2.10 bits per heavy atom. The molecule has 1 aromatic carbocycles. The van der Waals surface area contributed by atoms with E-state index in [9.17, 15) is 4.79 Å². The Labute approximate surface area is 127 Å². The van der Waals surface area contributed by atoms with Gasteiger partial charge < -0.3 is 5.32 Å². The average Bonchev–Trinajstić information content (AvgIpc) is 2.41. The van der Waals surface area contributed by atoms with E-state index in [0.717, 1.165) is 18.7 Å². The van der Waals surface area contributed by atoms with Gasteiger partial charge in [-0.05, 0) is 47.3 Å². The smallest absolute Gasteiger partial charge is 0.282 e. The summed E-state index contributed by atoms with van der Waals surface area (Å²) in [6.45, 7) is 4.98. The molecule has 1 aromatic heterocycles. The van der Waals surface area contributed by atoms with Gasteiger partial charge in [0, 0.05) is 13.6 Å². The number of hydrogen-bond donors (Lipinski definition) is 1. The number of aryl methyl sites for hydroxylation is 3. The van der Waals surface area contributed by atoms with Crippen molar-refractivity contribution in [2.45, 2.75) is 20.3 Å². The molecule has 0 radical (unpaired) electrons. The van der Waals surface area contributed by atoms with Crippen LogP contribution in [0.15, 0.2) is 33.7 Å². The molecular weight excluding hydrogens is 318 g/mol. The SMILES string of the molecule is Cc1ccc(CCNc2cnn(C)c(=O)c2Br)c(C)c1. The molecule has 20 heavy (non-hydrogen) atoms. The third kappa shape index (κ3) is 3.28. The first kappa shape index (κ1) is 14.8. The molecule has 1 N–H and O–H groups in total.